The maximum absolute atomic E-state index is 12.2. The fourth-order valence-corrected chi connectivity index (χ4v) is 2.95. The first kappa shape index (κ1) is 18.1. The quantitative estimate of drug-likeness (QED) is 0.768. The first-order valence-electron chi connectivity index (χ1n) is 6.48. The van der Waals surface area contributed by atoms with Crippen LogP contribution in [0.3, 0.4) is 0 Å². The van der Waals surface area contributed by atoms with Gasteiger partial charge in [-0.3, -0.25) is 4.79 Å². The van der Waals surface area contributed by atoms with Crippen LogP contribution >= 0.6 is 27.3 Å². The molecule has 0 aliphatic carbocycles. The molecule has 0 aliphatic heterocycles. The van der Waals surface area contributed by atoms with E-state index in [-0.39, 0.29) is 18.8 Å². The van der Waals surface area contributed by atoms with E-state index >= 15 is 0 Å². The predicted octanol–water partition coefficient (Wildman–Crippen LogP) is 3.62. The topological polar surface area (TPSA) is 64.6 Å². The minimum absolute atomic E-state index is 0.0381. The van der Waals surface area contributed by atoms with Crippen LogP contribution in [0.15, 0.2) is 15.9 Å². The Morgan fingerprint density at radius 1 is 1.38 bits per heavy atom. The normalized spacial score (nSPS) is 12.8. The van der Waals surface area contributed by atoms with Crippen LogP contribution in [-0.2, 0) is 9.47 Å². The average Bonchev–Trinajstić information content (AvgIpc) is 2.73. The van der Waals surface area contributed by atoms with Crippen molar-refractivity contribution in [3.63, 3.8) is 0 Å². The Bertz CT molecular complexity index is 495. The molecule has 1 rings (SSSR count). The molecule has 0 radical (unpaired) electrons. The summed E-state index contributed by atoms with van der Waals surface area (Å²) in [5.74, 6) is -0.0381. The minimum Gasteiger partial charge on any atom is -0.444 e. The number of halogens is 1. The number of ether oxygens (including phenoxy) is 2. The van der Waals surface area contributed by atoms with Crippen LogP contribution in [0.1, 0.15) is 36.9 Å². The third kappa shape index (κ3) is 7.06. The molecule has 1 atom stereocenters. The first-order valence-corrected chi connectivity index (χ1v) is 8.09. The molecule has 1 aromatic rings. The lowest BCUT2D eigenvalue weighted by molar-refractivity contribution is 0.0464. The molecule has 7 heteroatoms. The second-order valence-corrected chi connectivity index (χ2v) is 7.99. The smallest absolute Gasteiger partial charge is 0.407 e. The van der Waals surface area contributed by atoms with Gasteiger partial charge >= 0.3 is 6.09 Å². The molecule has 0 aliphatic rings. The molecule has 0 fully saturated rings. The summed E-state index contributed by atoms with van der Waals surface area (Å²) in [7, 11) is 1.52. The molecule has 0 bridgehead atoms. The van der Waals surface area contributed by atoms with E-state index in [1.807, 2.05) is 6.07 Å². The molecular weight excluding hydrogens is 358 g/mol. The highest BCUT2D eigenvalue weighted by atomic mass is 79.9. The Morgan fingerprint density at radius 2 is 2.05 bits per heavy atom. The lowest BCUT2D eigenvalue weighted by Gasteiger charge is -2.23. The summed E-state index contributed by atoms with van der Waals surface area (Å²) in [5.41, 5.74) is -0.579. The van der Waals surface area contributed by atoms with Crippen molar-refractivity contribution in [2.75, 3.05) is 13.7 Å². The molecule has 0 saturated carbocycles. The van der Waals surface area contributed by atoms with Gasteiger partial charge in [0.2, 0.25) is 0 Å². The standard InChI is InChI=1S/C14H20BrNO4S/c1-14(2,3)20-13(18)16-9(8-19-4)7-10(17)11-5-6-12(15)21-11/h5-6,9H,7-8H2,1-4H3,(H,16,18). The van der Waals surface area contributed by atoms with Crippen LogP contribution < -0.4 is 5.32 Å². The van der Waals surface area contributed by atoms with E-state index in [0.717, 1.165) is 3.79 Å². The summed E-state index contributed by atoms with van der Waals surface area (Å²) in [6, 6.07) is 3.16. The van der Waals surface area contributed by atoms with E-state index in [1.54, 1.807) is 26.8 Å². The van der Waals surface area contributed by atoms with Crippen molar-refractivity contribution < 1.29 is 19.1 Å². The number of hydrogen-bond acceptors (Lipinski definition) is 5. The summed E-state index contributed by atoms with van der Waals surface area (Å²) >= 11 is 4.69. The summed E-state index contributed by atoms with van der Waals surface area (Å²) in [6.07, 6.45) is -0.384. The molecule has 1 unspecified atom stereocenters. The van der Waals surface area contributed by atoms with E-state index in [4.69, 9.17) is 9.47 Å². The zero-order valence-corrected chi connectivity index (χ0v) is 15.0. The molecule has 0 aromatic carbocycles. The molecular formula is C14H20BrNO4S. The Hall–Kier alpha value is -0.920. The van der Waals surface area contributed by atoms with Crippen molar-refractivity contribution in [3.05, 3.63) is 20.8 Å². The van der Waals surface area contributed by atoms with E-state index < -0.39 is 17.7 Å². The van der Waals surface area contributed by atoms with Gasteiger partial charge in [-0.05, 0) is 48.8 Å². The maximum Gasteiger partial charge on any atom is 0.407 e. The molecule has 1 N–H and O–H groups in total. The lowest BCUT2D eigenvalue weighted by atomic mass is 10.1. The third-order valence-corrected chi connectivity index (χ3v) is 4.03. The zero-order valence-electron chi connectivity index (χ0n) is 12.6. The molecule has 21 heavy (non-hydrogen) atoms. The van der Waals surface area contributed by atoms with E-state index in [9.17, 15) is 9.59 Å². The van der Waals surface area contributed by atoms with Gasteiger partial charge < -0.3 is 14.8 Å². The Morgan fingerprint density at radius 3 is 2.52 bits per heavy atom. The van der Waals surface area contributed by atoms with Gasteiger partial charge in [0.15, 0.2) is 5.78 Å². The van der Waals surface area contributed by atoms with Crippen LogP contribution in [0.2, 0.25) is 0 Å². The SMILES string of the molecule is COCC(CC(=O)c1ccc(Br)s1)NC(=O)OC(C)(C)C. The molecule has 1 heterocycles. The fourth-order valence-electron chi connectivity index (χ4n) is 1.62. The van der Waals surface area contributed by atoms with Gasteiger partial charge in [-0.1, -0.05) is 0 Å². The highest BCUT2D eigenvalue weighted by molar-refractivity contribution is 9.11. The molecule has 0 saturated heterocycles. The molecule has 1 amide bonds. The van der Waals surface area contributed by atoms with Crippen molar-refractivity contribution in [2.24, 2.45) is 0 Å². The summed E-state index contributed by atoms with van der Waals surface area (Å²) < 4.78 is 11.1. The molecule has 118 valence electrons. The lowest BCUT2D eigenvalue weighted by Crippen LogP contribution is -2.42. The van der Waals surface area contributed by atoms with Gasteiger partial charge in [0.25, 0.3) is 0 Å². The largest absolute Gasteiger partial charge is 0.444 e. The number of Topliss-reactive ketones (excluding diaryl/α,β-unsaturated/α-hetero) is 1. The van der Waals surface area contributed by atoms with Crippen molar-refractivity contribution in [1.82, 2.24) is 5.32 Å². The van der Waals surface area contributed by atoms with Crippen LogP contribution in [0.4, 0.5) is 4.79 Å². The Kier molecular flexibility index (Phi) is 6.83. The number of thiophene rings is 1. The highest BCUT2D eigenvalue weighted by Gasteiger charge is 2.22. The highest BCUT2D eigenvalue weighted by Crippen LogP contribution is 2.23. The van der Waals surface area contributed by atoms with Gasteiger partial charge in [0, 0.05) is 13.5 Å². The molecule has 5 nitrogen and oxygen atoms in total. The van der Waals surface area contributed by atoms with Gasteiger partial charge in [-0.15, -0.1) is 11.3 Å². The number of nitrogens with one attached hydrogen (secondary N) is 1. The summed E-state index contributed by atoms with van der Waals surface area (Å²) in [5, 5.41) is 2.67. The van der Waals surface area contributed by atoms with Gasteiger partial charge in [-0.25, -0.2) is 4.79 Å². The summed E-state index contributed by atoms with van der Waals surface area (Å²) in [6.45, 7) is 5.60. The number of rotatable bonds is 6. The number of carbonyl (C=O) groups excluding carboxylic acids is 2. The number of amides is 1. The van der Waals surface area contributed by atoms with Gasteiger partial charge in [-0.2, -0.15) is 0 Å². The van der Waals surface area contributed by atoms with Crippen molar-refractivity contribution in [2.45, 2.75) is 38.8 Å². The summed E-state index contributed by atoms with van der Waals surface area (Å²) in [4.78, 5) is 24.6. The molecule has 0 spiro atoms. The predicted molar refractivity (Wildman–Crippen MR) is 86.0 cm³/mol. The number of ketones is 1. The Labute approximate surface area is 137 Å². The Balaban J connectivity index is 2.61. The van der Waals surface area contributed by atoms with Crippen molar-refractivity contribution in [3.8, 4) is 0 Å². The number of methoxy groups -OCH3 is 1. The molecule has 1 aromatic heterocycles. The van der Waals surface area contributed by atoms with E-state index in [0.29, 0.717) is 4.88 Å². The van der Waals surface area contributed by atoms with Crippen LogP contribution in [0.25, 0.3) is 0 Å². The minimum atomic E-state index is -0.579. The average molecular weight is 378 g/mol. The number of alkyl carbamates (subject to hydrolysis) is 1. The number of carbonyl (C=O) groups is 2. The second kappa shape index (κ2) is 7.91. The van der Waals surface area contributed by atoms with Crippen LogP contribution in [-0.4, -0.2) is 37.2 Å². The van der Waals surface area contributed by atoms with Gasteiger partial charge in [0.05, 0.1) is 21.3 Å². The first-order chi connectivity index (χ1) is 9.71. The fraction of sp³-hybridized carbons (Fsp3) is 0.571. The van der Waals surface area contributed by atoms with Gasteiger partial charge in [0.1, 0.15) is 5.60 Å². The van der Waals surface area contributed by atoms with E-state index in [2.05, 4.69) is 21.2 Å². The van der Waals surface area contributed by atoms with E-state index in [1.165, 1.54) is 18.4 Å². The zero-order chi connectivity index (χ0) is 16.0. The number of hydrogen-bond donors (Lipinski definition) is 1. The van der Waals surface area contributed by atoms with Crippen molar-refractivity contribution in [1.29, 1.82) is 0 Å². The second-order valence-electron chi connectivity index (χ2n) is 5.53. The van der Waals surface area contributed by atoms with Crippen LogP contribution in [0, 0.1) is 0 Å². The third-order valence-electron chi connectivity index (χ3n) is 2.37. The monoisotopic (exact) mass is 377 g/mol. The van der Waals surface area contributed by atoms with Crippen molar-refractivity contribution >= 4 is 39.1 Å². The maximum atomic E-state index is 12.2. The van der Waals surface area contributed by atoms with Crippen LogP contribution in [0.5, 0.6) is 0 Å².